The van der Waals surface area contributed by atoms with Gasteiger partial charge in [-0.25, -0.2) is 4.79 Å². The monoisotopic (exact) mass is 275 g/mol. The first-order valence-corrected chi connectivity index (χ1v) is 7.00. The molecule has 1 aromatic heterocycles. The Balaban J connectivity index is 1.49. The van der Waals surface area contributed by atoms with Gasteiger partial charge in [0.25, 0.3) is 0 Å². The van der Waals surface area contributed by atoms with E-state index in [0.29, 0.717) is 0 Å². The molecule has 108 valence electrons. The molecule has 3 heterocycles. The number of carbonyl (C=O) groups excluding carboxylic acids is 1. The Hall–Kier alpha value is -1.78. The van der Waals surface area contributed by atoms with Crippen molar-refractivity contribution < 1.29 is 9.53 Å². The first-order valence-electron chi connectivity index (χ1n) is 7.00. The molecule has 0 N–H and O–H groups in total. The second-order valence-corrected chi connectivity index (χ2v) is 6.90. The standard InChI is InChI=1S/C15H21N3O2/c1-14(2,3)20-13(19)18-10-15(11-18)8-17(9-15)12-4-6-16-7-5-12/h4-7H,8-11H2,1-3H3. The summed E-state index contributed by atoms with van der Waals surface area (Å²) in [5.41, 5.74) is 1.07. The quantitative estimate of drug-likeness (QED) is 0.787. The molecule has 20 heavy (non-hydrogen) atoms. The van der Waals surface area contributed by atoms with Crippen LogP contribution < -0.4 is 4.90 Å². The normalized spacial score (nSPS) is 20.4. The second kappa shape index (κ2) is 4.36. The van der Waals surface area contributed by atoms with Crippen molar-refractivity contribution in [3.63, 3.8) is 0 Å². The van der Waals surface area contributed by atoms with Crippen molar-refractivity contribution in [3.05, 3.63) is 24.5 Å². The Bertz CT molecular complexity index is 496. The fraction of sp³-hybridized carbons (Fsp3) is 0.600. The van der Waals surface area contributed by atoms with E-state index in [2.05, 4.69) is 9.88 Å². The molecule has 0 aromatic carbocycles. The fourth-order valence-corrected chi connectivity index (χ4v) is 2.92. The van der Waals surface area contributed by atoms with E-state index in [0.717, 1.165) is 26.2 Å². The van der Waals surface area contributed by atoms with E-state index in [1.165, 1.54) is 5.69 Å². The van der Waals surface area contributed by atoms with Crippen molar-refractivity contribution in [2.45, 2.75) is 26.4 Å². The molecule has 0 bridgehead atoms. The predicted molar refractivity (Wildman–Crippen MR) is 76.7 cm³/mol. The maximum atomic E-state index is 11.9. The Labute approximate surface area is 119 Å². The van der Waals surface area contributed by atoms with Gasteiger partial charge in [-0.1, -0.05) is 0 Å². The van der Waals surface area contributed by atoms with Gasteiger partial charge in [-0.05, 0) is 32.9 Å². The topological polar surface area (TPSA) is 45.7 Å². The van der Waals surface area contributed by atoms with Crippen LogP contribution in [0.5, 0.6) is 0 Å². The van der Waals surface area contributed by atoms with Crippen molar-refractivity contribution in [1.82, 2.24) is 9.88 Å². The second-order valence-electron chi connectivity index (χ2n) is 6.90. The van der Waals surface area contributed by atoms with Gasteiger partial charge < -0.3 is 14.5 Å². The summed E-state index contributed by atoms with van der Waals surface area (Å²) < 4.78 is 5.38. The Morgan fingerprint density at radius 3 is 2.35 bits per heavy atom. The van der Waals surface area contributed by atoms with Gasteiger partial charge in [-0.2, -0.15) is 0 Å². The van der Waals surface area contributed by atoms with Gasteiger partial charge in [0.05, 0.1) is 0 Å². The third-order valence-corrected chi connectivity index (χ3v) is 3.78. The number of nitrogens with zero attached hydrogens (tertiary/aromatic N) is 3. The molecule has 1 amide bonds. The van der Waals surface area contributed by atoms with E-state index in [-0.39, 0.29) is 11.5 Å². The highest BCUT2D eigenvalue weighted by molar-refractivity contribution is 5.70. The molecule has 2 fully saturated rings. The summed E-state index contributed by atoms with van der Waals surface area (Å²) >= 11 is 0. The summed E-state index contributed by atoms with van der Waals surface area (Å²) in [6.07, 6.45) is 3.44. The maximum Gasteiger partial charge on any atom is 0.410 e. The van der Waals surface area contributed by atoms with Gasteiger partial charge >= 0.3 is 6.09 Å². The van der Waals surface area contributed by atoms with E-state index in [1.807, 2.05) is 45.3 Å². The summed E-state index contributed by atoms with van der Waals surface area (Å²) in [5.74, 6) is 0. The smallest absolute Gasteiger partial charge is 0.410 e. The molecule has 1 spiro atoms. The van der Waals surface area contributed by atoms with Crippen LogP contribution in [0.25, 0.3) is 0 Å². The highest BCUT2D eigenvalue weighted by atomic mass is 16.6. The molecule has 2 aliphatic heterocycles. The molecular formula is C15H21N3O2. The van der Waals surface area contributed by atoms with Gasteiger partial charge in [-0.15, -0.1) is 0 Å². The van der Waals surface area contributed by atoms with Crippen LogP contribution in [0, 0.1) is 5.41 Å². The molecule has 0 unspecified atom stereocenters. The molecule has 1 aromatic rings. The molecule has 0 aliphatic carbocycles. The highest BCUT2D eigenvalue weighted by Crippen LogP contribution is 2.42. The average molecular weight is 275 g/mol. The minimum Gasteiger partial charge on any atom is -0.444 e. The van der Waals surface area contributed by atoms with Gasteiger partial charge in [0.15, 0.2) is 0 Å². The Morgan fingerprint density at radius 2 is 1.80 bits per heavy atom. The van der Waals surface area contributed by atoms with Crippen molar-refractivity contribution in [2.75, 3.05) is 31.1 Å². The lowest BCUT2D eigenvalue weighted by Gasteiger charge is -2.60. The zero-order chi connectivity index (χ0) is 14.4. The van der Waals surface area contributed by atoms with E-state index < -0.39 is 5.60 Å². The number of amides is 1. The van der Waals surface area contributed by atoms with Gasteiger partial charge in [0.1, 0.15) is 5.60 Å². The van der Waals surface area contributed by atoms with Crippen LogP contribution in [-0.2, 0) is 4.74 Å². The number of ether oxygens (including phenoxy) is 1. The molecule has 3 rings (SSSR count). The molecule has 0 atom stereocenters. The molecule has 5 heteroatoms. The zero-order valence-corrected chi connectivity index (χ0v) is 12.3. The van der Waals surface area contributed by atoms with Crippen LogP contribution in [0.15, 0.2) is 24.5 Å². The lowest BCUT2D eigenvalue weighted by Crippen LogP contribution is -2.73. The van der Waals surface area contributed by atoms with Gasteiger partial charge in [0, 0.05) is 49.7 Å². The van der Waals surface area contributed by atoms with Crippen LogP contribution in [0.2, 0.25) is 0 Å². The minimum absolute atomic E-state index is 0.189. The number of likely N-dealkylation sites (tertiary alicyclic amines) is 1. The molecule has 2 aliphatic rings. The van der Waals surface area contributed by atoms with E-state index in [1.54, 1.807) is 4.90 Å². The first-order chi connectivity index (χ1) is 9.37. The van der Waals surface area contributed by atoms with Crippen molar-refractivity contribution in [3.8, 4) is 0 Å². The first kappa shape index (κ1) is 13.2. The number of pyridine rings is 1. The number of rotatable bonds is 1. The van der Waals surface area contributed by atoms with Crippen LogP contribution in [0.3, 0.4) is 0 Å². The molecule has 0 saturated carbocycles. The fourth-order valence-electron chi connectivity index (χ4n) is 2.92. The van der Waals surface area contributed by atoms with Crippen molar-refractivity contribution in [2.24, 2.45) is 5.41 Å². The van der Waals surface area contributed by atoms with E-state index in [4.69, 9.17) is 4.74 Å². The van der Waals surface area contributed by atoms with Crippen LogP contribution in [0.4, 0.5) is 10.5 Å². The lowest BCUT2D eigenvalue weighted by atomic mass is 9.73. The Kier molecular flexibility index (Phi) is 2.88. The highest BCUT2D eigenvalue weighted by Gasteiger charge is 2.54. The van der Waals surface area contributed by atoms with Crippen LogP contribution in [-0.4, -0.2) is 47.8 Å². The summed E-state index contributed by atoms with van der Waals surface area (Å²) in [7, 11) is 0. The van der Waals surface area contributed by atoms with E-state index >= 15 is 0 Å². The average Bonchev–Trinajstić information content (AvgIpc) is 2.24. The maximum absolute atomic E-state index is 11.9. The number of carbonyl (C=O) groups is 1. The zero-order valence-electron chi connectivity index (χ0n) is 12.3. The number of hydrogen-bond acceptors (Lipinski definition) is 4. The Morgan fingerprint density at radius 1 is 1.20 bits per heavy atom. The summed E-state index contributed by atoms with van der Waals surface area (Å²) in [4.78, 5) is 20.1. The summed E-state index contributed by atoms with van der Waals surface area (Å²) in [5, 5.41) is 0. The molecular weight excluding hydrogens is 254 g/mol. The number of aromatic nitrogens is 1. The third kappa shape index (κ3) is 2.44. The lowest BCUT2D eigenvalue weighted by molar-refractivity contribution is -0.0453. The minimum atomic E-state index is -0.414. The van der Waals surface area contributed by atoms with Gasteiger partial charge in [-0.3, -0.25) is 4.98 Å². The van der Waals surface area contributed by atoms with Crippen LogP contribution in [0.1, 0.15) is 20.8 Å². The summed E-state index contributed by atoms with van der Waals surface area (Å²) in [6.45, 7) is 9.33. The predicted octanol–water partition coefficient (Wildman–Crippen LogP) is 2.14. The van der Waals surface area contributed by atoms with Gasteiger partial charge in [0.2, 0.25) is 0 Å². The number of hydrogen-bond donors (Lipinski definition) is 0. The third-order valence-electron chi connectivity index (χ3n) is 3.78. The molecule has 2 saturated heterocycles. The summed E-state index contributed by atoms with van der Waals surface area (Å²) in [6, 6.07) is 4.05. The SMILES string of the molecule is CC(C)(C)OC(=O)N1CC2(C1)CN(c1ccncc1)C2. The molecule has 5 nitrogen and oxygen atoms in total. The largest absolute Gasteiger partial charge is 0.444 e. The van der Waals surface area contributed by atoms with Crippen molar-refractivity contribution in [1.29, 1.82) is 0 Å². The van der Waals surface area contributed by atoms with E-state index in [9.17, 15) is 4.79 Å². The van der Waals surface area contributed by atoms with Crippen LogP contribution >= 0.6 is 0 Å². The molecule has 0 radical (unpaired) electrons. The van der Waals surface area contributed by atoms with Crippen molar-refractivity contribution >= 4 is 11.8 Å². The number of anilines is 1.